The number of benzene rings is 1. The summed E-state index contributed by atoms with van der Waals surface area (Å²) in [5.41, 5.74) is 1.02. The highest BCUT2D eigenvalue weighted by Crippen LogP contribution is 2.12. The van der Waals surface area contributed by atoms with Crippen molar-refractivity contribution in [1.29, 1.82) is 5.26 Å². The second kappa shape index (κ2) is 5.60. The lowest BCUT2D eigenvalue weighted by molar-refractivity contribution is 0.345. The van der Waals surface area contributed by atoms with Gasteiger partial charge < -0.3 is 4.74 Å². The van der Waals surface area contributed by atoms with Crippen LogP contribution in [0.25, 0.3) is 0 Å². The largest absolute Gasteiger partial charge is 0.493 e. The van der Waals surface area contributed by atoms with Crippen molar-refractivity contribution in [3.63, 3.8) is 0 Å². The van der Waals surface area contributed by atoms with E-state index in [1.54, 1.807) is 0 Å². The van der Waals surface area contributed by atoms with Crippen molar-refractivity contribution >= 4 is 15.9 Å². The molecule has 0 unspecified atom stereocenters. The van der Waals surface area contributed by atoms with E-state index in [0.717, 1.165) is 16.6 Å². The monoisotopic (exact) mass is 239 g/mol. The Morgan fingerprint density at radius 1 is 1.31 bits per heavy atom. The molecule has 1 rings (SSSR count). The Bertz CT molecular complexity index is 289. The van der Waals surface area contributed by atoms with Crippen LogP contribution in [0.15, 0.2) is 24.3 Å². The Kier molecular flexibility index (Phi) is 4.34. The lowest BCUT2D eigenvalue weighted by Gasteiger charge is -2.03. The third-order valence-electron chi connectivity index (χ3n) is 1.55. The van der Waals surface area contributed by atoms with Gasteiger partial charge in [-0.05, 0) is 17.7 Å². The molecule has 0 aliphatic carbocycles. The minimum Gasteiger partial charge on any atom is -0.493 e. The molecule has 0 saturated carbocycles. The third kappa shape index (κ3) is 3.47. The summed E-state index contributed by atoms with van der Waals surface area (Å²) < 4.78 is 5.36. The van der Waals surface area contributed by atoms with Gasteiger partial charge in [-0.1, -0.05) is 28.1 Å². The minimum atomic E-state index is 0.457. The number of hydrogen-bond acceptors (Lipinski definition) is 2. The lowest BCUT2D eigenvalue weighted by atomic mass is 10.2. The molecule has 2 nitrogen and oxygen atoms in total. The molecule has 0 saturated heterocycles. The standard InChI is InChI=1S/C10H10BrNO/c11-6-8-13-10-3-1-9(2-4-10)5-7-12/h1-4H,5-6,8H2. The van der Waals surface area contributed by atoms with Gasteiger partial charge in [-0.15, -0.1) is 0 Å². The Labute approximate surface area is 86.3 Å². The van der Waals surface area contributed by atoms with E-state index in [-0.39, 0.29) is 0 Å². The molecule has 0 aliphatic heterocycles. The SMILES string of the molecule is N#CCc1ccc(OCCBr)cc1. The molecule has 0 radical (unpaired) electrons. The smallest absolute Gasteiger partial charge is 0.119 e. The van der Waals surface area contributed by atoms with Crippen LogP contribution < -0.4 is 4.74 Å². The van der Waals surface area contributed by atoms with Crippen molar-refractivity contribution in [1.82, 2.24) is 0 Å². The first-order valence-electron chi connectivity index (χ1n) is 4.01. The van der Waals surface area contributed by atoms with Crippen LogP contribution in [0.1, 0.15) is 5.56 Å². The topological polar surface area (TPSA) is 33.0 Å². The fourth-order valence-corrected chi connectivity index (χ4v) is 1.11. The summed E-state index contributed by atoms with van der Waals surface area (Å²) in [6.45, 7) is 0.664. The summed E-state index contributed by atoms with van der Waals surface area (Å²) in [5.74, 6) is 0.848. The first-order chi connectivity index (χ1) is 6.36. The summed E-state index contributed by atoms with van der Waals surface area (Å²) in [7, 11) is 0. The van der Waals surface area contributed by atoms with Crippen LogP contribution in [0.5, 0.6) is 5.75 Å². The van der Waals surface area contributed by atoms with Gasteiger partial charge in [0.1, 0.15) is 5.75 Å². The van der Waals surface area contributed by atoms with Crippen molar-refractivity contribution in [2.75, 3.05) is 11.9 Å². The number of hydrogen-bond donors (Lipinski definition) is 0. The molecular weight excluding hydrogens is 230 g/mol. The zero-order valence-corrected chi connectivity index (χ0v) is 8.75. The molecule has 0 heterocycles. The quantitative estimate of drug-likeness (QED) is 0.757. The fourth-order valence-electron chi connectivity index (χ4n) is 0.951. The average molecular weight is 240 g/mol. The van der Waals surface area contributed by atoms with E-state index in [9.17, 15) is 0 Å². The molecule has 0 amide bonds. The van der Waals surface area contributed by atoms with Gasteiger partial charge in [-0.25, -0.2) is 0 Å². The molecule has 1 aromatic carbocycles. The highest BCUT2D eigenvalue weighted by Gasteiger charge is 1.93. The first kappa shape index (κ1) is 10.1. The lowest BCUT2D eigenvalue weighted by Crippen LogP contribution is -1.97. The summed E-state index contributed by atoms with van der Waals surface area (Å²) in [6.07, 6.45) is 0.457. The van der Waals surface area contributed by atoms with Gasteiger partial charge in [-0.3, -0.25) is 0 Å². The van der Waals surface area contributed by atoms with E-state index in [1.807, 2.05) is 24.3 Å². The number of alkyl halides is 1. The zero-order chi connectivity index (χ0) is 9.52. The maximum atomic E-state index is 8.44. The van der Waals surface area contributed by atoms with Crippen molar-refractivity contribution in [3.8, 4) is 11.8 Å². The number of halogens is 1. The molecule has 0 N–H and O–H groups in total. The fraction of sp³-hybridized carbons (Fsp3) is 0.300. The van der Waals surface area contributed by atoms with Crippen molar-refractivity contribution in [2.45, 2.75) is 6.42 Å². The minimum absolute atomic E-state index is 0.457. The Morgan fingerprint density at radius 3 is 2.54 bits per heavy atom. The van der Waals surface area contributed by atoms with E-state index in [2.05, 4.69) is 22.0 Å². The van der Waals surface area contributed by atoms with Crippen LogP contribution in [0.2, 0.25) is 0 Å². The number of ether oxygens (including phenoxy) is 1. The molecule has 0 atom stereocenters. The van der Waals surface area contributed by atoms with Gasteiger partial charge in [-0.2, -0.15) is 5.26 Å². The van der Waals surface area contributed by atoms with E-state index in [0.29, 0.717) is 13.0 Å². The summed E-state index contributed by atoms with van der Waals surface area (Å²) in [4.78, 5) is 0. The van der Waals surface area contributed by atoms with Gasteiger partial charge >= 0.3 is 0 Å². The second-order valence-electron chi connectivity index (χ2n) is 2.52. The molecule has 0 bridgehead atoms. The van der Waals surface area contributed by atoms with Gasteiger partial charge in [0.2, 0.25) is 0 Å². The number of nitrogens with zero attached hydrogens (tertiary/aromatic N) is 1. The molecule has 3 heteroatoms. The highest BCUT2D eigenvalue weighted by atomic mass is 79.9. The van der Waals surface area contributed by atoms with E-state index in [4.69, 9.17) is 10.00 Å². The van der Waals surface area contributed by atoms with Crippen LogP contribution in [-0.4, -0.2) is 11.9 Å². The van der Waals surface area contributed by atoms with Gasteiger partial charge in [0.25, 0.3) is 0 Å². The second-order valence-corrected chi connectivity index (χ2v) is 3.31. The van der Waals surface area contributed by atoms with E-state index < -0.39 is 0 Å². The molecule has 0 spiro atoms. The van der Waals surface area contributed by atoms with Crippen LogP contribution in [0.4, 0.5) is 0 Å². The van der Waals surface area contributed by atoms with Crippen LogP contribution >= 0.6 is 15.9 Å². The number of rotatable bonds is 4. The van der Waals surface area contributed by atoms with Crippen LogP contribution in [0, 0.1) is 11.3 Å². The zero-order valence-electron chi connectivity index (χ0n) is 7.16. The molecule has 13 heavy (non-hydrogen) atoms. The van der Waals surface area contributed by atoms with Crippen molar-refractivity contribution < 1.29 is 4.74 Å². The predicted molar refractivity (Wildman–Crippen MR) is 55.0 cm³/mol. The molecule has 0 aromatic heterocycles. The summed E-state index contributed by atoms with van der Waals surface area (Å²) >= 11 is 3.28. The average Bonchev–Trinajstić information content (AvgIpc) is 2.17. The van der Waals surface area contributed by atoms with Crippen molar-refractivity contribution in [2.24, 2.45) is 0 Å². The van der Waals surface area contributed by atoms with Crippen molar-refractivity contribution in [3.05, 3.63) is 29.8 Å². The molecule has 0 fully saturated rings. The Balaban J connectivity index is 2.55. The van der Waals surface area contributed by atoms with Gasteiger partial charge in [0, 0.05) is 5.33 Å². The third-order valence-corrected chi connectivity index (χ3v) is 1.88. The van der Waals surface area contributed by atoms with Crippen LogP contribution in [0.3, 0.4) is 0 Å². The maximum absolute atomic E-state index is 8.44. The summed E-state index contributed by atoms with van der Waals surface area (Å²) in [5, 5.41) is 9.27. The van der Waals surface area contributed by atoms with E-state index >= 15 is 0 Å². The van der Waals surface area contributed by atoms with Crippen LogP contribution in [-0.2, 0) is 6.42 Å². The molecule has 68 valence electrons. The Morgan fingerprint density at radius 2 is 2.00 bits per heavy atom. The Hall–Kier alpha value is -1.01. The number of nitriles is 1. The predicted octanol–water partition coefficient (Wildman–Crippen LogP) is 2.53. The maximum Gasteiger partial charge on any atom is 0.119 e. The molecular formula is C10H10BrNO. The van der Waals surface area contributed by atoms with Gasteiger partial charge in [0.05, 0.1) is 19.1 Å². The highest BCUT2D eigenvalue weighted by molar-refractivity contribution is 9.09. The van der Waals surface area contributed by atoms with Gasteiger partial charge in [0.15, 0.2) is 0 Å². The first-order valence-corrected chi connectivity index (χ1v) is 5.13. The molecule has 0 aliphatic rings. The normalized spacial score (nSPS) is 9.23. The molecule has 1 aromatic rings. The van der Waals surface area contributed by atoms with E-state index in [1.165, 1.54) is 0 Å². The summed E-state index contributed by atoms with van der Waals surface area (Å²) in [6, 6.07) is 9.69.